The summed E-state index contributed by atoms with van der Waals surface area (Å²) in [6, 6.07) is 4.09. The molecule has 3 rings (SSSR count). The molecule has 0 atom stereocenters. The van der Waals surface area contributed by atoms with Crippen molar-refractivity contribution in [3.8, 4) is 0 Å². The summed E-state index contributed by atoms with van der Waals surface area (Å²) in [5.41, 5.74) is 3.99. The van der Waals surface area contributed by atoms with Crippen molar-refractivity contribution < 1.29 is 0 Å². The second-order valence-corrected chi connectivity index (χ2v) is 10.4. The number of rotatable bonds is 0. The first-order valence-electron chi connectivity index (χ1n) is 13.2. The Balaban J connectivity index is -0.000000367. The van der Waals surface area contributed by atoms with E-state index in [1.165, 1.54) is 5.57 Å². The molecule has 0 radical (unpaired) electrons. The monoisotopic (exact) mass is 457 g/mol. The highest BCUT2D eigenvalue weighted by atomic mass is 15.0. The predicted octanol–water partition coefficient (Wildman–Crippen LogP) is 11.2. The van der Waals surface area contributed by atoms with E-state index in [1.54, 1.807) is 5.57 Å². The molecule has 0 saturated heterocycles. The highest BCUT2D eigenvalue weighted by Gasteiger charge is 2.16. The zero-order valence-corrected chi connectivity index (χ0v) is 25.1. The first-order chi connectivity index (χ1) is 15.3. The zero-order valence-electron chi connectivity index (χ0n) is 25.1. The van der Waals surface area contributed by atoms with Gasteiger partial charge in [-0.15, -0.1) is 0 Å². The minimum Gasteiger partial charge on any atom is -0.349 e. The Hall–Kier alpha value is -1.76. The van der Waals surface area contributed by atoms with E-state index in [4.69, 9.17) is 0 Å². The van der Waals surface area contributed by atoms with E-state index in [9.17, 15) is 0 Å². The zero-order chi connectivity index (χ0) is 26.7. The van der Waals surface area contributed by atoms with Gasteiger partial charge in [0.15, 0.2) is 0 Å². The fraction of sp³-hybridized carbons (Fsp3) is 0.625. The van der Waals surface area contributed by atoms with Crippen molar-refractivity contribution in [2.45, 2.75) is 122 Å². The summed E-state index contributed by atoms with van der Waals surface area (Å²) >= 11 is 0. The highest BCUT2D eigenvalue weighted by molar-refractivity contribution is 5.30. The summed E-state index contributed by atoms with van der Waals surface area (Å²) in [6.45, 7) is 32.1. The van der Waals surface area contributed by atoms with Crippen molar-refractivity contribution >= 4 is 0 Å². The van der Waals surface area contributed by atoms with Crippen LogP contribution in [0.4, 0.5) is 0 Å². The molecule has 2 aliphatic carbocycles. The Morgan fingerprint density at radius 3 is 1.33 bits per heavy atom. The minimum atomic E-state index is 0.240. The minimum absolute atomic E-state index is 0.240. The van der Waals surface area contributed by atoms with Crippen LogP contribution in [0, 0.1) is 10.8 Å². The molecule has 1 aromatic rings. The summed E-state index contributed by atoms with van der Waals surface area (Å²) in [4.78, 5) is 0. The maximum Gasteiger partial charge on any atom is 0.0355 e. The topological polar surface area (TPSA) is 4.93 Å². The number of aromatic nitrogens is 1. The number of hydrogen-bond donors (Lipinski definition) is 0. The Morgan fingerprint density at radius 2 is 1.15 bits per heavy atom. The molecule has 2 aliphatic rings. The smallest absolute Gasteiger partial charge is 0.0355 e. The largest absolute Gasteiger partial charge is 0.349 e. The first kappa shape index (κ1) is 35.8. The third-order valence-corrected chi connectivity index (χ3v) is 4.75. The molecule has 0 saturated carbocycles. The normalized spacial score (nSPS) is 13.8. The molecule has 1 nitrogen and oxygen atoms in total. The molecule has 0 bridgehead atoms. The van der Waals surface area contributed by atoms with Crippen molar-refractivity contribution in [1.82, 2.24) is 4.57 Å². The summed E-state index contributed by atoms with van der Waals surface area (Å²) in [5.74, 6) is 0. The molecule has 0 aliphatic heterocycles. The van der Waals surface area contributed by atoms with E-state index in [0.29, 0.717) is 10.8 Å². The summed E-state index contributed by atoms with van der Waals surface area (Å²) in [6.07, 6.45) is 19.7. The van der Waals surface area contributed by atoms with E-state index in [0.717, 1.165) is 12.8 Å². The molecule has 1 aromatic heterocycles. The van der Waals surface area contributed by atoms with Gasteiger partial charge in [0.05, 0.1) is 0 Å². The van der Waals surface area contributed by atoms with Gasteiger partial charge in [0.25, 0.3) is 0 Å². The molecule has 0 fully saturated rings. The Labute approximate surface area is 209 Å². The maximum atomic E-state index is 2.29. The average Bonchev–Trinajstić information content (AvgIpc) is 3.55. The van der Waals surface area contributed by atoms with Crippen LogP contribution in [0.5, 0.6) is 0 Å². The molecule has 0 amide bonds. The van der Waals surface area contributed by atoms with Gasteiger partial charge < -0.3 is 4.57 Å². The van der Waals surface area contributed by atoms with Crippen molar-refractivity contribution in [1.29, 1.82) is 0 Å². The Bertz CT molecular complexity index is 672. The van der Waals surface area contributed by atoms with E-state index < -0.39 is 0 Å². The van der Waals surface area contributed by atoms with Gasteiger partial charge in [-0.25, -0.2) is 0 Å². The van der Waals surface area contributed by atoms with Gasteiger partial charge in [0.1, 0.15) is 0 Å². The highest BCUT2D eigenvalue weighted by Crippen LogP contribution is 2.30. The fourth-order valence-corrected chi connectivity index (χ4v) is 2.80. The Morgan fingerprint density at radius 1 is 0.667 bits per heavy atom. The van der Waals surface area contributed by atoms with Crippen molar-refractivity contribution in [2.24, 2.45) is 10.8 Å². The maximum absolute atomic E-state index is 2.29. The van der Waals surface area contributed by atoms with Gasteiger partial charge in [-0.2, -0.15) is 0 Å². The van der Waals surface area contributed by atoms with Crippen LogP contribution in [0.2, 0.25) is 0 Å². The quantitative estimate of drug-likeness (QED) is 0.365. The van der Waals surface area contributed by atoms with Crippen LogP contribution in [0.1, 0.15) is 117 Å². The average molecular weight is 458 g/mol. The lowest BCUT2D eigenvalue weighted by atomic mass is 9.86. The van der Waals surface area contributed by atoms with Crippen LogP contribution in [-0.4, -0.2) is 4.57 Å². The molecular weight excluding hydrogens is 398 g/mol. The molecule has 0 spiro atoms. The third kappa shape index (κ3) is 17.4. The molecule has 33 heavy (non-hydrogen) atoms. The van der Waals surface area contributed by atoms with Crippen molar-refractivity contribution in [3.05, 3.63) is 72.1 Å². The van der Waals surface area contributed by atoms with Crippen LogP contribution >= 0.6 is 0 Å². The van der Waals surface area contributed by atoms with Crippen LogP contribution in [0.3, 0.4) is 0 Å². The van der Waals surface area contributed by atoms with Gasteiger partial charge in [0, 0.05) is 17.9 Å². The molecule has 0 aromatic carbocycles. The van der Waals surface area contributed by atoms with E-state index in [1.807, 2.05) is 53.7 Å². The summed E-state index contributed by atoms with van der Waals surface area (Å²) in [7, 11) is 0. The van der Waals surface area contributed by atoms with Crippen molar-refractivity contribution in [2.75, 3.05) is 0 Å². The molecular formula is C32H59N. The first-order valence-corrected chi connectivity index (χ1v) is 13.2. The fourth-order valence-electron chi connectivity index (χ4n) is 2.80. The molecule has 1 heterocycles. The number of nitrogens with zero attached hydrogens (tertiary/aromatic N) is 1. The second-order valence-electron chi connectivity index (χ2n) is 10.4. The SMILES string of the molecule is CC.CC.CC.CC(C)(C)C1=CC=CC1.CC(C)(C)C1=CCC=C1.CC(C)(C)n1cccc1. The predicted molar refractivity (Wildman–Crippen MR) is 156 cm³/mol. The van der Waals surface area contributed by atoms with Crippen molar-refractivity contribution in [3.63, 3.8) is 0 Å². The lowest BCUT2D eigenvalue weighted by molar-refractivity contribution is 0.398. The van der Waals surface area contributed by atoms with Crippen LogP contribution < -0.4 is 0 Å². The molecule has 0 unspecified atom stereocenters. The van der Waals surface area contributed by atoms with Gasteiger partial charge in [0.2, 0.25) is 0 Å². The third-order valence-electron chi connectivity index (χ3n) is 4.75. The van der Waals surface area contributed by atoms with Gasteiger partial charge in [-0.05, 0) is 62.1 Å². The van der Waals surface area contributed by atoms with Crippen LogP contribution in [-0.2, 0) is 5.54 Å². The van der Waals surface area contributed by atoms with Gasteiger partial charge in [-0.1, -0.05) is 125 Å². The summed E-state index contributed by atoms with van der Waals surface area (Å²) in [5, 5.41) is 0. The molecule has 192 valence electrons. The summed E-state index contributed by atoms with van der Waals surface area (Å²) < 4.78 is 2.19. The van der Waals surface area contributed by atoms with E-state index in [2.05, 4.69) is 116 Å². The Kier molecular flexibility index (Phi) is 20.2. The van der Waals surface area contributed by atoms with E-state index >= 15 is 0 Å². The molecule has 0 N–H and O–H groups in total. The van der Waals surface area contributed by atoms with Crippen LogP contribution in [0.25, 0.3) is 0 Å². The standard InChI is InChI=1S/2C9H14.C8H13N.3C2H6/c2*1-9(2,3)8-6-4-5-7-8;1-8(2,3)9-6-4-5-7-9;3*1-2/h4,6-7H,5H2,1-3H3;4-6H,7H2,1-3H3;4-7H,1-3H3;3*1-2H3. The lowest BCUT2D eigenvalue weighted by Gasteiger charge is -2.20. The molecule has 1 heteroatoms. The van der Waals surface area contributed by atoms with E-state index in [-0.39, 0.29) is 5.54 Å². The number of allylic oxidation sites excluding steroid dienone is 8. The van der Waals surface area contributed by atoms with Gasteiger partial charge >= 0.3 is 0 Å². The van der Waals surface area contributed by atoms with Crippen LogP contribution in [0.15, 0.2) is 72.1 Å². The number of hydrogen-bond acceptors (Lipinski definition) is 0. The lowest BCUT2D eigenvalue weighted by Crippen LogP contribution is -2.19. The van der Waals surface area contributed by atoms with Gasteiger partial charge in [-0.3, -0.25) is 0 Å². The second kappa shape index (κ2) is 18.6.